The van der Waals surface area contributed by atoms with Gasteiger partial charge >= 0.3 is 6.18 Å². The fraction of sp³-hybridized carbons (Fsp3) is 0.143. The molecular formula is C7H3BrF3N3. The van der Waals surface area contributed by atoms with Crippen molar-refractivity contribution in [2.75, 3.05) is 0 Å². The molecule has 2 rings (SSSR count). The average molecular weight is 266 g/mol. The number of halogens is 4. The fourth-order valence-electron chi connectivity index (χ4n) is 1.06. The highest BCUT2D eigenvalue weighted by atomic mass is 79.9. The van der Waals surface area contributed by atoms with Crippen LogP contribution in [0.1, 0.15) is 5.82 Å². The van der Waals surface area contributed by atoms with Gasteiger partial charge in [-0.1, -0.05) is 15.9 Å². The lowest BCUT2D eigenvalue weighted by Crippen LogP contribution is -2.10. The molecule has 3 nitrogen and oxygen atoms in total. The first-order valence-corrected chi connectivity index (χ1v) is 4.35. The van der Waals surface area contributed by atoms with E-state index in [-0.39, 0.29) is 5.65 Å². The van der Waals surface area contributed by atoms with E-state index < -0.39 is 12.0 Å². The molecule has 0 aliphatic carbocycles. The third kappa shape index (κ3) is 1.47. The predicted molar refractivity (Wildman–Crippen MR) is 45.7 cm³/mol. The zero-order valence-electron chi connectivity index (χ0n) is 6.59. The van der Waals surface area contributed by atoms with Gasteiger partial charge in [0.2, 0.25) is 5.82 Å². The molecule has 2 heterocycles. The average Bonchev–Trinajstić information content (AvgIpc) is 2.45. The minimum Gasteiger partial charge on any atom is -0.279 e. The van der Waals surface area contributed by atoms with Crippen LogP contribution in [0.2, 0.25) is 0 Å². The van der Waals surface area contributed by atoms with Crippen molar-refractivity contribution in [2.45, 2.75) is 6.18 Å². The quantitative estimate of drug-likeness (QED) is 0.733. The van der Waals surface area contributed by atoms with Gasteiger partial charge in [0.25, 0.3) is 0 Å². The molecular weight excluding hydrogens is 263 g/mol. The first-order chi connectivity index (χ1) is 6.48. The van der Waals surface area contributed by atoms with Gasteiger partial charge in [-0.25, -0.2) is 0 Å². The van der Waals surface area contributed by atoms with Crippen molar-refractivity contribution in [3.8, 4) is 0 Å². The third-order valence-corrected chi connectivity index (χ3v) is 2.12. The highest BCUT2D eigenvalue weighted by Gasteiger charge is 2.36. The first-order valence-electron chi connectivity index (χ1n) is 3.56. The smallest absolute Gasteiger partial charge is 0.279 e. The van der Waals surface area contributed by atoms with Gasteiger partial charge in [-0.3, -0.25) is 4.40 Å². The van der Waals surface area contributed by atoms with E-state index in [9.17, 15) is 13.2 Å². The molecule has 0 saturated carbocycles. The second kappa shape index (κ2) is 2.94. The fourth-order valence-corrected chi connectivity index (χ4v) is 1.38. The first kappa shape index (κ1) is 9.45. The van der Waals surface area contributed by atoms with E-state index in [0.717, 1.165) is 4.40 Å². The Bertz CT molecular complexity index is 476. The minimum absolute atomic E-state index is 0.159. The molecule has 0 aliphatic rings. The van der Waals surface area contributed by atoms with Crippen LogP contribution in [0.5, 0.6) is 0 Å². The highest BCUT2D eigenvalue weighted by molar-refractivity contribution is 9.10. The van der Waals surface area contributed by atoms with Crippen LogP contribution in [0.25, 0.3) is 5.65 Å². The topological polar surface area (TPSA) is 30.2 Å². The Morgan fingerprint density at radius 3 is 2.64 bits per heavy atom. The highest BCUT2D eigenvalue weighted by Crippen LogP contribution is 2.28. The largest absolute Gasteiger partial charge is 0.452 e. The number of alkyl halides is 3. The Morgan fingerprint density at radius 2 is 2.00 bits per heavy atom. The normalized spacial score (nSPS) is 12.3. The standard InChI is InChI=1S/C7H3BrF3N3/c8-4-1-2-14-5(3-4)12-13-6(14)7(9,10)11/h1-3H. The molecule has 0 fully saturated rings. The maximum absolute atomic E-state index is 12.3. The van der Waals surface area contributed by atoms with Crippen molar-refractivity contribution >= 4 is 21.6 Å². The van der Waals surface area contributed by atoms with Crippen LogP contribution < -0.4 is 0 Å². The van der Waals surface area contributed by atoms with Crippen molar-refractivity contribution < 1.29 is 13.2 Å². The molecule has 2 aromatic rings. The van der Waals surface area contributed by atoms with Gasteiger partial charge in [-0.15, -0.1) is 10.2 Å². The number of aromatic nitrogens is 3. The van der Waals surface area contributed by atoms with Gasteiger partial charge in [-0.2, -0.15) is 13.2 Å². The van der Waals surface area contributed by atoms with Crippen molar-refractivity contribution in [3.63, 3.8) is 0 Å². The zero-order chi connectivity index (χ0) is 10.3. The monoisotopic (exact) mass is 265 g/mol. The van der Waals surface area contributed by atoms with Crippen molar-refractivity contribution in [3.05, 3.63) is 28.6 Å². The van der Waals surface area contributed by atoms with Crippen LogP contribution in [-0.4, -0.2) is 14.6 Å². The van der Waals surface area contributed by atoms with Crippen LogP contribution in [0.3, 0.4) is 0 Å². The molecule has 0 atom stereocenters. The molecule has 0 saturated heterocycles. The van der Waals surface area contributed by atoms with Gasteiger partial charge in [-0.05, 0) is 12.1 Å². The zero-order valence-corrected chi connectivity index (χ0v) is 8.17. The molecule has 7 heteroatoms. The van der Waals surface area contributed by atoms with E-state index >= 15 is 0 Å². The Labute approximate surface area is 84.7 Å². The molecule has 0 N–H and O–H groups in total. The lowest BCUT2D eigenvalue weighted by atomic mass is 10.4. The molecule has 0 unspecified atom stereocenters. The van der Waals surface area contributed by atoms with E-state index in [2.05, 4.69) is 26.1 Å². The van der Waals surface area contributed by atoms with Crippen molar-refractivity contribution in [1.82, 2.24) is 14.6 Å². The number of pyridine rings is 1. The van der Waals surface area contributed by atoms with Crippen LogP contribution in [-0.2, 0) is 6.18 Å². The van der Waals surface area contributed by atoms with E-state index in [1.54, 1.807) is 0 Å². The van der Waals surface area contributed by atoms with Gasteiger partial charge in [0, 0.05) is 10.7 Å². The maximum atomic E-state index is 12.3. The Balaban J connectivity index is 2.70. The van der Waals surface area contributed by atoms with Crippen LogP contribution in [0, 0.1) is 0 Å². The summed E-state index contributed by atoms with van der Waals surface area (Å²) in [7, 11) is 0. The summed E-state index contributed by atoms with van der Waals surface area (Å²) >= 11 is 3.13. The molecule has 14 heavy (non-hydrogen) atoms. The second-order valence-electron chi connectivity index (χ2n) is 2.59. The van der Waals surface area contributed by atoms with Crippen LogP contribution in [0.15, 0.2) is 22.8 Å². The molecule has 0 radical (unpaired) electrons. The minimum atomic E-state index is -4.48. The number of hydrogen-bond donors (Lipinski definition) is 0. The summed E-state index contributed by atoms with van der Waals surface area (Å²) in [6.07, 6.45) is -3.21. The van der Waals surface area contributed by atoms with Gasteiger partial charge in [0.15, 0.2) is 5.65 Å². The van der Waals surface area contributed by atoms with Crippen molar-refractivity contribution in [1.29, 1.82) is 0 Å². The van der Waals surface area contributed by atoms with Crippen LogP contribution in [0.4, 0.5) is 13.2 Å². The maximum Gasteiger partial charge on any atom is 0.452 e. The lowest BCUT2D eigenvalue weighted by molar-refractivity contribution is -0.145. The summed E-state index contributed by atoms with van der Waals surface area (Å²) in [5, 5.41) is 6.48. The summed E-state index contributed by atoms with van der Waals surface area (Å²) in [5.41, 5.74) is 0.159. The van der Waals surface area contributed by atoms with E-state index in [1.165, 1.54) is 18.3 Å². The Kier molecular flexibility index (Phi) is 1.99. The Hall–Kier alpha value is -1.11. The molecule has 2 aromatic heterocycles. The molecule has 0 aliphatic heterocycles. The van der Waals surface area contributed by atoms with Gasteiger partial charge in [0.1, 0.15) is 0 Å². The van der Waals surface area contributed by atoms with Gasteiger partial charge < -0.3 is 0 Å². The Morgan fingerprint density at radius 1 is 1.29 bits per heavy atom. The molecule has 74 valence electrons. The second-order valence-corrected chi connectivity index (χ2v) is 3.51. The number of fused-ring (bicyclic) bond motifs is 1. The van der Waals surface area contributed by atoms with Crippen LogP contribution >= 0.6 is 15.9 Å². The summed E-state index contributed by atoms with van der Waals surface area (Å²) in [5.74, 6) is -1.01. The van der Waals surface area contributed by atoms with E-state index in [4.69, 9.17) is 0 Å². The predicted octanol–water partition coefficient (Wildman–Crippen LogP) is 2.51. The van der Waals surface area contributed by atoms with E-state index in [1.807, 2.05) is 0 Å². The lowest BCUT2D eigenvalue weighted by Gasteiger charge is -2.02. The SMILES string of the molecule is FC(F)(F)c1nnc2cc(Br)ccn12. The third-order valence-electron chi connectivity index (χ3n) is 1.63. The van der Waals surface area contributed by atoms with E-state index in [0.29, 0.717) is 4.47 Å². The number of rotatable bonds is 0. The summed E-state index contributed by atoms with van der Waals surface area (Å²) in [6.45, 7) is 0. The summed E-state index contributed by atoms with van der Waals surface area (Å²) in [6, 6.07) is 2.95. The molecule has 0 amide bonds. The molecule has 0 bridgehead atoms. The number of hydrogen-bond acceptors (Lipinski definition) is 2. The summed E-state index contributed by atoms with van der Waals surface area (Å²) in [4.78, 5) is 0. The molecule has 0 aromatic carbocycles. The van der Waals surface area contributed by atoms with Gasteiger partial charge in [0.05, 0.1) is 0 Å². The summed E-state index contributed by atoms with van der Waals surface area (Å²) < 4.78 is 38.5. The number of nitrogens with zero attached hydrogens (tertiary/aromatic N) is 3. The van der Waals surface area contributed by atoms with Crippen molar-refractivity contribution in [2.24, 2.45) is 0 Å². The molecule has 0 spiro atoms.